The molecule has 1 heterocycles. The van der Waals surface area contributed by atoms with Gasteiger partial charge in [-0.2, -0.15) is 0 Å². The average Bonchev–Trinajstić information content (AvgIpc) is 3.01. The van der Waals surface area contributed by atoms with Gasteiger partial charge in [-0.3, -0.25) is 9.36 Å². The van der Waals surface area contributed by atoms with Crippen molar-refractivity contribution in [3.8, 4) is 5.69 Å². The number of carbonyl (C=O) groups is 1. The van der Waals surface area contributed by atoms with Gasteiger partial charge < -0.3 is 5.32 Å². The summed E-state index contributed by atoms with van der Waals surface area (Å²) in [5, 5.41) is 12.2. The van der Waals surface area contributed by atoms with Crippen LogP contribution in [0.2, 0.25) is 5.02 Å². The van der Waals surface area contributed by atoms with Crippen molar-refractivity contribution in [2.45, 2.75) is 37.8 Å². The number of aromatic nitrogens is 3. The number of unbranched alkanes of at least 4 members (excludes halogenated alkanes) is 3. The Labute approximate surface area is 145 Å². The molecule has 0 spiro atoms. The summed E-state index contributed by atoms with van der Waals surface area (Å²) in [5.41, 5.74) is 0.880. The predicted octanol–water partition coefficient (Wildman–Crippen LogP) is 3.71. The number of thioether (sulfide) groups is 1. The van der Waals surface area contributed by atoms with Gasteiger partial charge in [0.2, 0.25) is 5.91 Å². The van der Waals surface area contributed by atoms with Crippen molar-refractivity contribution in [2.24, 2.45) is 0 Å². The van der Waals surface area contributed by atoms with Crippen molar-refractivity contribution < 1.29 is 4.79 Å². The third-order valence-electron chi connectivity index (χ3n) is 3.29. The van der Waals surface area contributed by atoms with Gasteiger partial charge in [-0.15, -0.1) is 10.2 Å². The van der Waals surface area contributed by atoms with Gasteiger partial charge in [0.25, 0.3) is 0 Å². The van der Waals surface area contributed by atoms with Gasteiger partial charge >= 0.3 is 0 Å². The molecule has 0 unspecified atom stereocenters. The van der Waals surface area contributed by atoms with E-state index in [1.54, 1.807) is 6.33 Å². The summed E-state index contributed by atoms with van der Waals surface area (Å²) in [7, 11) is 0. The first-order valence-electron chi connectivity index (χ1n) is 7.76. The van der Waals surface area contributed by atoms with Crippen molar-refractivity contribution in [3.63, 3.8) is 0 Å². The minimum absolute atomic E-state index is 0.0205. The fraction of sp³-hybridized carbons (Fsp3) is 0.438. The van der Waals surface area contributed by atoms with E-state index >= 15 is 0 Å². The fourth-order valence-corrected chi connectivity index (χ4v) is 3.03. The predicted molar refractivity (Wildman–Crippen MR) is 94.2 cm³/mol. The highest BCUT2D eigenvalue weighted by Gasteiger charge is 2.10. The molecule has 2 rings (SSSR count). The van der Waals surface area contributed by atoms with Crippen LogP contribution in [-0.4, -0.2) is 33.0 Å². The summed E-state index contributed by atoms with van der Waals surface area (Å²) < 4.78 is 1.82. The number of hydrogen-bond donors (Lipinski definition) is 1. The molecular weight excluding hydrogens is 332 g/mol. The molecule has 0 aliphatic carbocycles. The topological polar surface area (TPSA) is 59.8 Å². The number of carbonyl (C=O) groups excluding carboxylic acids is 1. The van der Waals surface area contributed by atoms with Crippen LogP contribution in [0.15, 0.2) is 35.7 Å². The molecule has 5 nitrogen and oxygen atoms in total. The smallest absolute Gasteiger partial charge is 0.230 e. The van der Waals surface area contributed by atoms with E-state index in [9.17, 15) is 4.79 Å². The SMILES string of the molecule is CCCCCCNC(=O)CSc1nncn1-c1cccc(Cl)c1. The number of amides is 1. The summed E-state index contributed by atoms with van der Waals surface area (Å²) in [4.78, 5) is 11.9. The summed E-state index contributed by atoms with van der Waals surface area (Å²) in [6.45, 7) is 2.91. The summed E-state index contributed by atoms with van der Waals surface area (Å²) in [6, 6.07) is 7.44. The molecule has 23 heavy (non-hydrogen) atoms. The highest BCUT2D eigenvalue weighted by atomic mass is 35.5. The second-order valence-electron chi connectivity index (χ2n) is 5.16. The van der Waals surface area contributed by atoms with Gasteiger partial charge in [-0.05, 0) is 24.6 Å². The molecule has 0 bridgehead atoms. The lowest BCUT2D eigenvalue weighted by molar-refractivity contribution is -0.118. The molecule has 1 N–H and O–H groups in total. The molecule has 124 valence electrons. The van der Waals surface area contributed by atoms with Crippen LogP contribution in [0.1, 0.15) is 32.6 Å². The van der Waals surface area contributed by atoms with E-state index in [4.69, 9.17) is 11.6 Å². The molecule has 2 aromatic rings. The molecule has 0 fully saturated rings. The Hall–Kier alpha value is -1.53. The lowest BCUT2D eigenvalue weighted by Gasteiger charge is -2.07. The lowest BCUT2D eigenvalue weighted by Crippen LogP contribution is -2.26. The maximum absolute atomic E-state index is 11.9. The summed E-state index contributed by atoms with van der Waals surface area (Å²) >= 11 is 7.37. The van der Waals surface area contributed by atoms with Crippen LogP contribution in [0.25, 0.3) is 5.69 Å². The van der Waals surface area contributed by atoms with Gasteiger partial charge in [0.15, 0.2) is 5.16 Å². The first-order chi connectivity index (χ1) is 11.2. The largest absolute Gasteiger partial charge is 0.355 e. The van der Waals surface area contributed by atoms with E-state index in [-0.39, 0.29) is 5.91 Å². The monoisotopic (exact) mass is 352 g/mol. The lowest BCUT2D eigenvalue weighted by atomic mass is 10.2. The maximum atomic E-state index is 11.9. The van der Waals surface area contributed by atoms with Gasteiger partial charge in [0.05, 0.1) is 11.4 Å². The Morgan fingerprint density at radius 3 is 3.00 bits per heavy atom. The molecule has 0 atom stereocenters. The minimum atomic E-state index is 0.0205. The molecule has 0 aliphatic rings. The normalized spacial score (nSPS) is 10.7. The zero-order valence-electron chi connectivity index (χ0n) is 13.2. The Balaban J connectivity index is 1.83. The van der Waals surface area contributed by atoms with Gasteiger partial charge in [-0.25, -0.2) is 0 Å². The molecule has 0 saturated heterocycles. The number of hydrogen-bond acceptors (Lipinski definition) is 4. The third kappa shape index (κ3) is 5.88. The third-order valence-corrected chi connectivity index (χ3v) is 4.47. The molecule has 0 radical (unpaired) electrons. The highest BCUT2D eigenvalue weighted by Crippen LogP contribution is 2.21. The van der Waals surface area contributed by atoms with Crippen LogP contribution >= 0.6 is 23.4 Å². The first-order valence-corrected chi connectivity index (χ1v) is 9.12. The highest BCUT2D eigenvalue weighted by molar-refractivity contribution is 7.99. The van der Waals surface area contributed by atoms with Crippen molar-refractivity contribution in [2.75, 3.05) is 12.3 Å². The van der Waals surface area contributed by atoms with Crippen LogP contribution in [0.3, 0.4) is 0 Å². The van der Waals surface area contributed by atoms with Gasteiger partial charge in [0.1, 0.15) is 6.33 Å². The molecule has 0 saturated carbocycles. The number of nitrogens with zero attached hydrogens (tertiary/aromatic N) is 3. The molecule has 0 aliphatic heterocycles. The van der Waals surface area contributed by atoms with Crippen LogP contribution in [0, 0.1) is 0 Å². The fourth-order valence-electron chi connectivity index (χ4n) is 2.09. The van der Waals surface area contributed by atoms with Crippen LogP contribution in [-0.2, 0) is 4.79 Å². The van der Waals surface area contributed by atoms with E-state index in [1.807, 2.05) is 28.8 Å². The van der Waals surface area contributed by atoms with Crippen molar-refractivity contribution in [1.29, 1.82) is 0 Å². The van der Waals surface area contributed by atoms with E-state index in [0.29, 0.717) is 15.9 Å². The molecule has 1 aromatic heterocycles. The standard InChI is InChI=1S/C16H21ClN4OS/c1-2-3-4-5-9-18-15(22)11-23-16-20-19-12-21(16)14-8-6-7-13(17)10-14/h6-8,10,12H,2-5,9,11H2,1H3,(H,18,22). The Morgan fingerprint density at radius 1 is 1.35 bits per heavy atom. The summed E-state index contributed by atoms with van der Waals surface area (Å²) in [5.74, 6) is 0.347. The maximum Gasteiger partial charge on any atom is 0.230 e. The first kappa shape index (κ1) is 17.8. The zero-order chi connectivity index (χ0) is 16.5. The number of halogens is 1. The second-order valence-corrected chi connectivity index (χ2v) is 6.54. The number of rotatable bonds is 9. The Bertz CT molecular complexity index is 632. The second kappa shape index (κ2) is 9.57. The molecule has 1 aromatic carbocycles. The average molecular weight is 353 g/mol. The van der Waals surface area contributed by atoms with E-state index in [0.717, 1.165) is 25.1 Å². The molecule has 7 heteroatoms. The minimum Gasteiger partial charge on any atom is -0.355 e. The van der Waals surface area contributed by atoms with Crippen LogP contribution in [0.4, 0.5) is 0 Å². The van der Waals surface area contributed by atoms with Gasteiger partial charge in [-0.1, -0.05) is 55.6 Å². The Morgan fingerprint density at radius 2 is 2.22 bits per heavy atom. The van der Waals surface area contributed by atoms with E-state index in [1.165, 1.54) is 24.6 Å². The van der Waals surface area contributed by atoms with Crippen LogP contribution in [0.5, 0.6) is 0 Å². The number of benzene rings is 1. The van der Waals surface area contributed by atoms with Crippen LogP contribution < -0.4 is 5.32 Å². The quantitative estimate of drug-likeness (QED) is 0.552. The number of nitrogens with one attached hydrogen (secondary N) is 1. The van der Waals surface area contributed by atoms with Gasteiger partial charge in [0, 0.05) is 11.6 Å². The van der Waals surface area contributed by atoms with Crippen molar-refractivity contribution in [3.05, 3.63) is 35.6 Å². The van der Waals surface area contributed by atoms with E-state index in [2.05, 4.69) is 22.4 Å². The van der Waals surface area contributed by atoms with E-state index < -0.39 is 0 Å². The van der Waals surface area contributed by atoms with Crippen molar-refractivity contribution >= 4 is 29.3 Å². The molecular formula is C16H21ClN4OS. The molecule has 1 amide bonds. The summed E-state index contributed by atoms with van der Waals surface area (Å²) in [6.07, 6.45) is 6.23. The Kier molecular flexibility index (Phi) is 7.42. The zero-order valence-corrected chi connectivity index (χ0v) is 14.7. The van der Waals surface area contributed by atoms with Crippen molar-refractivity contribution in [1.82, 2.24) is 20.1 Å².